The highest BCUT2D eigenvalue weighted by Crippen LogP contribution is 2.69. The number of hydrogen-bond donors (Lipinski definition) is 2. The molecule has 2 N–H and O–H groups in total. The molecule has 4 aliphatic carbocycles. The standard InChI is InChI=1S/C28H47NO2/c1-5-28(31)16-15-26(3)20(18-28)7-9-22-24-11-10-23(27(24,4)14-12-25(22)26)19(2)6-8-21(30)13-17-29/h19-25,30-31H,5-16,18H2,1-4H3/t19-,20+,21-,22+,23-,24+,25+,26+,27-,28+/m1/s1. The van der Waals surface area contributed by atoms with Crippen LogP contribution < -0.4 is 0 Å². The van der Waals surface area contributed by atoms with Gasteiger partial charge >= 0.3 is 0 Å². The Morgan fingerprint density at radius 2 is 1.71 bits per heavy atom. The van der Waals surface area contributed by atoms with Crippen molar-refractivity contribution in [3.63, 3.8) is 0 Å². The molecule has 0 bridgehead atoms. The molecule has 3 heteroatoms. The van der Waals surface area contributed by atoms with Crippen LogP contribution in [0.4, 0.5) is 0 Å². The van der Waals surface area contributed by atoms with E-state index in [0.717, 1.165) is 61.7 Å². The third-order valence-electron chi connectivity index (χ3n) is 11.5. The molecule has 0 aromatic carbocycles. The van der Waals surface area contributed by atoms with Gasteiger partial charge in [0.25, 0.3) is 0 Å². The van der Waals surface area contributed by atoms with Gasteiger partial charge in [0.15, 0.2) is 0 Å². The first-order chi connectivity index (χ1) is 14.7. The molecule has 3 nitrogen and oxygen atoms in total. The molecule has 0 radical (unpaired) electrons. The largest absolute Gasteiger partial charge is 0.392 e. The lowest BCUT2D eigenvalue weighted by Crippen LogP contribution is -2.56. The number of rotatable bonds is 6. The van der Waals surface area contributed by atoms with E-state index in [0.29, 0.717) is 16.7 Å². The second-order valence-corrected chi connectivity index (χ2v) is 12.7. The molecule has 31 heavy (non-hydrogen) atoms. The molecule has 0 saturated heterocycles. The molecular weight excluding hydrogens is 382 g/mol. The minimum absolute atomic E-state index is 0.272. The Bertz CT molecular complexity index is 687. The smallest absolute Gasteiger partial charge is 0.0670 e. The van der Waals surface area contributed by atoms with Gasteiger partial charge in [-0.15, -0.1) is 0 Å². The lowest BCUT2D eigenvalue weighted by molar-refractivity contribution is -0.152. The summed E-state index contributed by atoms with van der Waals surface area (Å²) < 4.78 is 0. The molecule has 0 heterocycles. The molecule has 0 aliphatic heterocycles. The van der Waals surface area contributed by atoms with Gasteiger partial charge in [-0.25, -0.2) is 0 Å². The highest BCUT2D eigenvalue weighted by Gasteiger charge is 2.61. The summed E-state index contributed by atoms with van der Waals surface area (Å²) in [7, 11) is 0. The van der Waals surface area contributed by atoms with Crippen molar-refractivity contribution in [1.82, 2.24) is 0 Å². The highest BCUT2D eigenvalue weighted by atomic mass is 16.3. The molecule has 4 saturated carbocycles. The normalized spacial score (nSPS) is 48.7. The summed E-state index contributed by atoms with van der Waals surface area (Å²) in [5.74, 6) is 4.74. The van der Waals surface area contributed by atoms with Crippen molar-refractivity contribution >= 4 is 0 Å². The molecule has 0 spiro atoms. The van der Waals surface area contributed by atoms with Crippen molar-refractivity contribution in [3.05, 3.63) is 0 Å². The van der Waals surface area contributed by atoms with Gasteiger partial charge < -0.3 is 10.2 Å². The molecule has 4 rings (SSSR count). The van der Waals surface area contributed by atoms with Gasteiger partial charge in [-0.2, -0.15) is 5.26 Å². The summed E-state index contributed by atoms with van der Waals surface area (Å²) in [4.78, 5) is 0. The van der Waals surface area contributed by atoms with Crippen LogP contribution in [0.2, 0.25) is 0 Å². The van der Waals surface area contributed by atoms with E-state index >= 15 is 0 Å². The van der Waals surface area contributed by atoms with E-state index in [1.54, 1.807) is 0 Å². The van der Waals surface area contributed by atoms with E-state index in [1.807, 2.05) is 0 Å². The van der Waals surface area contributed by atoms with Crippen molar-refractivity contribution in [2.75, 3.05) is 0 Å². The zero-order chi connectivity index (χ0) is 22.4. The average molecular weight is 430 g/mol. The van der Waals surface area contributed by atoms with Gasteiger partial charge in [0.1, 0.15) is 0 Å². The Morgan fingerprint density at radius 1 is 0.968 bits per heavy atom. The van der Waals surface area contributed by atoms with Crippen LogP contribution in [0.5, 0.6) is 0 Å². The predicted octanol–water partition coefficient (Wildman–Crippen LogP) is 6.48. The lowest BCUT2D eigenvalue weighted by Gasteiger charge is -2.62. The molecule has 0 unspecified atom stereocenters. The molecule has 10 atom stereocenters. The van der Waals surface area contributed by atoms with E-state index in [2.05, 4.69) is 33.8 Å². The van der Waals surface area contributed by atoms with E-state index in [9.17, 15) is 10.2 Å². The monoisotopic (exact) mass is 429 g/mol. The van der Waals surface area contributed by atoms with Gasteiger partial charge in [-0.1, -0.05) is 27.7 Å². The molecule has 0 amide bonds. The first kappa shape index (κ1) is 23.6. The number of fused-ring (bicyclic) bond motifs is 5. The molecule has 4 aliphatic rings. The van der Waals surface area contributed by atoms with E-state index in [-0.39, 0.29) is 6.42 Å². The first-order valence-electron chi connectivity index (χ1n) is 13.4. The molecular formula is C28H47NO2. The molecule has 4 fully saturated rings. The number of nitriles is 1. The van der Waals surface area contributed by atoms with Crippen molar-refractivity contribution in [3.8, 4) is 6.07 Å². The van der Waals surface area contributed by atoms with Crippen LogP contribution in [-0.4, -0.2) is 21.9 Å². The van der Waals surface area contributed by atoms with Crippen molar-refractivity contribution in [1.29, 1.82) is 5.26 Å². The van der Waals surface area contributed by atoms with Crippen LogP contribution in [0.3, 0.4) is 0 Å². The Balaban J connectivity index is 1.45. The van der Waals surface area contributed by atoms with Crippen LogP contribution in [0, 0.1) is 57.7 Å². The van der Waals surface area contributed by atoms with Gasteiger partial charge in [0.05, 0.1) is 24.2 Å². The summed E-state index contributed by atoms with van der Waals surface area (Å²) in [6.07, 6.45) is 14.1. The maximum absolute atomic E-state index is 11.0. The summed E-state index contributed by atoms with van der Waals surface area (Å²) in [6.45, 7) is 9.78. The molecule has 176 valence electrons. The van der Waals surface area contributed by atoms with Gasteiger partial charge in [-0.05, 0) is 123 Å². The second-order valence-electron chi connectivity index (χ2n) is 12.7. The van der Waals surface area contributed by atoms with E-state index < -0.39 is 11.7 Å². The lowest BCUT2D eigenvalue weighted by atomic mass is 9.43. The van der Waals surface area contributed by atoms with Crippen molar-refractivity contribution < 1.29 is 10.2 Å². The van der Waals surface area contributed by atoms with Gasteiger partial charge in [0, 0.05) is 0 Å². The summed E-state index contributed by atoms with van der Waals surface area (Å²) >= 11 is 0. The van der Waals surface area contributed by atoms with E-state index in [1.165, 1.54) is 44.9 Å². The minimum Gasteiger partial charge on any atom is -0.392 e. The maximum atomic E-state index is 11.0. The van der Waals surface area contributed by atoms with Crippen LogP contribution in [0.15, 0.2) is 0 Å². The van der Waals surface area contributed by atoms with Crippen LogP contribution >= 0.6 is 0 Å². The zero-order valence-corrected chi connectivity index (χ0v) is 20.6. The fourth-order valence-electron chi connectivity index (χ4n) is 9.48. The third-order valence-corrected chi connectivity index (χ3v) is 11.5. The minimum atomic E-state index is -0.448. The Morgan fingerprint density at radius 3 is 2.42 bits per heavy atom. The van der Waals surface area contributed by atoms with Gasteiger partial charge in [-0.3, -0.25) is 0 Å². The van der Waals surface area contributed by atoms with Crippen molar-refractivity contribution in [2.45, 2.75) is 123 Å². The van der Waals surface area contributed by atoms with Crippen LogP contribution in [-0.2, 0) is 0 Å². The fraction of sp³-hybridized carbons (Fsp3) is 0.964. The summed E-state index contributed by atoms with van der Waals surface area (Å²) in [5.41, 5.74) is 0.504. The average Bonchev–Trinajstić information content (AvgIpc) is 3.10. The predicted molar refractivity (Wildman–Crippen MR) is 125 cm³/mol. The summed E-state index contributed by atoms with van der Waals surface area (Å²) in [6, 6.07) is 2.11. The first-order valence-corrected chi connectivity index (χ1v) is 13.4. The second kappa shape index (κ2) is 8.64. The number of aliphatic hydroxyl groups is 2. The van der Waals surface area contributed by atoms with Crippen LogP contribution in [0.1, 0.15) is 111 Å². The third kappa shape index (κ3) is 3.99. The Kier molecular flexibility index (Phi) is 6.57. The summed E-state index contributed by atoms with van der Waals surface area (Å²) in [5, 5.41) is 29.9. The van der Waals surface area contributed by atoms with Gasteiger partial charge in [0.2, 0.25) is 0 Å². The number of aliphatic hydroxyl groups excluding tert-OH is 1. The Hall–Kier alpha value is -0.590. The number of hydrogen-bond acceptors (Lipinski definition) is 3. The molecule has 0 aromatic rings. The topological polar surface area (TPSA) is 64.2 Å². The van der Waals surface area contributed by atoms with Crippen LogP contribution in [0.25, 0.3) is 0 Å². The molecule has 0 aromatic heterocycles. The van der Waals surface area contributed by atoms with Crippen molar-refractivity contribution in [2.24, 2.45) is 46.3 Å². The fourth-order valence-corrected chi connectivity index (χ4v) is 9.48. The quantitative estimate of drug-likeness (QED) is 0.508. The Labute approximate surface area is 191 Å². The maximum Gasteiger partial charge on any atom is 0.0670 e. The van der Waals surface area contributed by atoms with E-state index in [4.69, 9.17) is 5.26 Å². The zero-order valence-electron chi connectivity index (χ0n) is 20.6. The highest BCUT2D eigenvalue weighted by molar-refractivity contribution is 5.10. The SMILES string of the molecule is CC[C@]1(O)CC[C@@]2(C)[C@@H](CC[C@@H]3[C@@H]2CC[C@]2(C)[C@@H]([C@H](C)CC[C@@H](O)CC#N)CC[C@@H]32)C1. The number of nitrogens with zero attached hydrogens (tertiary/aromatic N) is 1.